The molecule has 1 saturated heterocycles. The van der Waals surface area contributed by atoms with Crippen molar-refractivity contribution < 1.29 is 0 Å². The first-order chi connectivity index (χ1) is 8.11. The van der Waals surface area contributed by atoms with Crippen molar-refractivity contribution in [2.45, 2.75) is 26.8 Å². The highest BCUT2D eigenvalue weighted by Gasteiger charge is 2.25. The summed E-state index contributed by atoms with van der Waals surface area (Å²) in [5, 5.41) is 4.30. The lowest BCUT2D eigenvalue weighted by molar-refractivity contribution is 0.126. The van der Waals surface area contributed by atoms with E-state index in [2.05, 4.69) is 23.8 Å². The minimum atomic E-state index is 0.653. The third kappa shape index (κ3) is 2.69. The minimum Gasteiger partial charge on any atom is -0.330 e. The zero-order valence-electron chi connectivity index (χ0n) is 11.2. The second-order valence-corrected chi connectivity index (χ2v) is 5.38. The van der Waals surface area contributed by atoms with Gasteiger partial charge in [-0.1, -0.05) is 6.92 Å². The molecule has 1 aromatic heterocycles. The van der Waals surface area contributed by atoms with Crippen molar-refractivity contribution in [1.82, 2.24) is 14.7 Å². The highest BCUT2D eigenvalue weighted by Crippen LogP contribution is 2.23. The molecule has 2 unspecified atom stereocenters. The Morgan fingerprint density at radius 2 is 2.29 bits per heavy atom. The standard InChI is InChI=1S/C13H24N4/c1-10-4-5-17(8-12(10)6-14)9-13-7-15-16(3)11(13)2/h7,10,12H,4-6,8-9,14H2,1-3H3. The van der Waals surface area contributed by atoms with Crippen molar-refractivity contribution in [3.8, 4) is 0 Å². The van der Waals surface area contributed by atoms with E-state index in [1.54, 1.807) is 0 Å². The number of nitrogens with two attached hydrogens (primary N) is 1. The van der Waals surface area contributed by atoms with Crippen LogP contribution in [0, 0.1) is 18.8 Å². The van der Waals surface area contributed by atoms with E-state index >= 15 is 0 Å². The number of hydrogen-bond acceptors (Lipinski definition) is 3. The van der Waals surface area contributed by atoms with Gasteiger partial charge in [-0.05, 0) is 38.3 Å². The molecule has 0 saturated carbocycles. The second kappa shape index (κ2) is 5.19. The van der Waals surface area contributed by atoms with Gasteiger partial charge in [0.25, 0.3) is 0 Å². The number of rotatable bonds is 3. The molecule has 2 atom stereocenters. The van der Waals surface area contributed by atoms with Crippen LogP contribution in [0.4, 0.5) is 0 Å². The zero-order chi connectivity index (χ0) is 12.4. The molecule has 17 heavy (non-hydrogen) atoms. The van der Waals surface area contributed by atoms with Crippen LogP contribution in [0.3, 0.4) is 0 Å². The lowest BCUT2D eigenvalue weighted by Gasteiger charge is -2.36. The fourth-order valence-corrected chi connectivity index (χ4v) is 2.62. The summed E-state index contributed by atoms with van der Waals surface area (Å²) in [6, 6.07) is 0. The fraction of sp³-hybridized carbons (Fsp3) is 0.769. The fourth-order valence-electron chi connectivity index (χ4n) is 2.62. The summed E-state index contributed by atoms with van der Waals surface area (Å²) in [4.78, 5) is 2.52. The van der Waals surface area contributed by atoms with E-state index < -0.39 is 0 Å². The monoisotopic (exact) mass is 236 g/mol. The SMILES string of the molecule is Cc1c(CN2CCC(C)C(CN)C2)cnn1C. The first-order valence-electron chi connectivity index (χ1n) is 6.51. The van der Waals surface area contributed by atoms with Crippen LogP contribution < -0.4 is 5.73 Å². The first-order valence-corrected chi connectivity index (χ1v) is 6.51. The van der Waals surface area contributed by atoms with E-state index in [0.717, 1.165) is 25.6 Å². The summed E-state index contributed by atoms with van der Waals surface area (Å²) in [6.07, 6.45) is 3.26. The molecular weight excluding hydrogens is 212 g/mol. The second-order valence-electron chi connectivity index (χ2n) is 5.38. The van der Waals surface area contributed by atoms with Crippen molar-refractivity contribution in [2.24, 2.45) is 24.6 Å². The van der Waals surface area contributed by atoms with E-state index in [-0.39, 0.29) is 0 Å². The predicted molar refractivity (Wildman–Crippen MR) is 69.5 cm³/mol. The van der Waals surface area contributed by atoms with Crippen molar-refractivity contribution >= 4 is 0 Å². The summed E-state index contributed by atoms with van der Waals surface area (Å²) in [6.45, 7) is 8.60. The molecule has 2 heterocycles. The Morgan fingerprint density at radius 3 is 2.88 bits per heavy atom. The summed E-state index contributed by atoms with van der Waals surface area (Å²) in [7, 11) is 2.00. The van der Waals surface area contributed by atoms with Gasteiger partial charge in [-0.25, -0.2) is 0 Å². The summed E-state index contributed by atoms with van der Waals surface area (Å²) >= 11 is 0. The third-order valence-corrected chi connectivity index (χ3v) is 4.23. The van der Waals surface area contributed by atoms with Gasteiger partial charge < -0.3 is 5.73 Å². The summed E-state index contributed by atoms with van der Waals surface area (Å²) < 4.78 is 1.95. The van der Waals surface area contributed by atoms with Gasteiger partial charge in [0.2, 0.25) is 0 Å². The lowest BCUT2D eigenvalue weighted by Crippen LogP contribution is -2.42. The number of hydrogen-bond donors (Lipinski definition) is 1. The molecule has 4 heteroatoms. The van der Waals surface area contributed by atoms with Crippen LogP contribution in [-0.2, 0) is 13.6 Å². The van der Waals surface area contributed by atoms with Crippen LogP contribution in [0.5, 0.6) is 0 Å². The summed E-state index contributed by atoms with van der Waals surface area (Å²) in [5.41, 5.74) is 8.46. The van der Waals surface area contributed by atoms with Gasteiger partial charge in [0, 0.05) is 31.4 Å². The Balaban J connectivity index is 1.98. The van der Waals surface area contributed by atoms with Crippen LogP contribution in [0.1, 0.15) is 24.6 Å². The molecular formula is C13H24N4. The highest BCUT2D eigenvalue weighted by molar-refractivity contribution is 5.15. The molecule has 1 aromatic rings. The van der Waals surface area contributed by atoms with Crippen LogP contribution in [0.2, 0.25) is 0 Å². The molecule has 1 aliphatic heterocycles. The van der Waals surface area contributed by atoms with E-state index in [0.29, 0.717) is 5.92 Å². The Morgan fingerprint density at radius 1 is 1.53 bits per heavy atom. The smallest absolute Gasteiger partial charge is 0.0537 e. The maximum absolute atomic E-state index is 5.84. The average Bonchev–Trinajstić information content (AvgIpc) is 2.63. The summed E-state index contributed by atoms with van der Waals surface area (Å²) in [5.74, 6) is 1.42. The number of aromatic nitrogens is 2. The molecule has 0 radical (unpaired) electrons. The molecule has 4 nitrogen and oxygen atoms in total. The van der Waals surface area contributed by atoms with Gasteiger partial charge in [-0.15, -0.1) is 0 Å². The van der Waals surface area contributed by atoms with E-state index in [4.69, 9.17) is 5.73 Å². The van der Waals surface area contributed by atoms with Gasteiger partial charge in [0.1, 0.15) is 0 Å². The predicted octanol–water partition coefficient (Wildman–Crippen LogP) is 1.15. The topological polar surface area (TPSA) is 47.1 Å². The molecule has 1 aliphatic rings. The molecule has 1 fully saturated rings. The Bertz CT molecular complexity index is 371. The number of aryl methyl sites for hydroxylation is 1. The molecule has 2 rings (SSSR count). The van der Waals surface area contributed by atoms with Crippen LogP contribution in [-0.4, -0.2) is 34.3 Å². The molecule has 0 aliphatic carbocycles. The molecule has 0 aromatic carbocycles. The molecule has 0 bridgehead atoms. The van der Waals surface area contributed by atoms with Crippen molar-refractivity contribution in [3.63, 3.8) is 0 Å². The number of nitrogens with zero attached hydrogens (tertiary/aromatic N) is 3. The van der Waals surface area contributed by atoms with E-state index in [9.17, 15) is 0 Å². The average molecular weight is 236 g/mol. The largest absolute Gasteiger partial charge is 0.330 e. The maximum Gasteiger partial charge on any atom is 0.0537 e. The van der Waals surface area contributed by atoms with Crippen molar-refractivity contribution in [2.75, 3.05) is 19.6 Å². The van der Waals surface area contributed by atoms with E-state index in [1.165, 1.54) is 24.2 Å². The van der Waals surface area contributed by atoms with Gasteiger partial charge in [0.05, 0.1) is 6.20 Å². The maximum atomic E-state index is 5.84. The quantitative estimate of drug-likeness (QED) is 0.856. The third-order valence-electron chi connectivity index (χ3n) is 4.23. The molecule has 0 spiro atoms. The molecule has 96 valence electrons. The number of piperidine rings is 1. The minimum absolute atomic E-state index is 0.653. The molecule has 2 N–H and O–H groups in total. The van der Waals surface area contributed by atoms with Crippen LogP contribution in [0.25, 0.3) is 0 Å². The zero-order valence-corrected chi connectivity index (χ0v) is 11.2. The molecule has 0 amide bonds. The Hall–Kier alpha value is -0.870. The highest BCUT2D eigenvalue weighted by atomic mass is 15.3. The van der Waals surface area contributed by atoms with Gasteiger partial charge >= 0.3 is 0 Å². The lowest BCUT2D eigenvalue weighted by atomic mass is 9.87. The van der Waals surface area contributed by atoms with Crippen LogP contribution in [0.15, 0.2) is 6.20 Å². The van der Waals surface area contributed by atoms with Crippen LogP contribution >= 0.6 is 0 Å². The van der Waals surface area contributed by atoms with Gasteiger partial charge in [0.15, 0.2) is 0 Å². The van der Waals surface area contributed by atoms with Crippen molar-refractivity contribution in [1.29, 1.82) is 0 Å². The Kier molecular flexibility index (Phi) is 3.84. The first kappa shape index (κ1) is 12.6. The van der Waals surface area contributed by atoms with Crippen molar-refractivity contribution in [3.05, 3.63) is 17.5 Å². The normalized spacial score (nSPS) is 26.4. The number of likely N-dealkylation sites (tertiary alicyclic amines) is 1. The van der Waals surface area contributed by atoms with Gasteiger partial charge in [-0.2, -0.15) is 5.10 Å². The van der Waals surface area contributed by atoms with Gasteiger partial charge in [-0.3, -0.25) is 9.58 Å². The Labute approximate surface area is 104 Å². The van der Waals surface area contributed by atoms with E-state index in [1.807, 2.05) is 17.9 Å².